The van der Waals surface area contributed by atoms with Crippen molar-refractivity contribution in [2.24, 2.45) is 11.8 Å². The number of ketones is 1. The topological polar surface area (TPSA) is 50.2 Å². The van der Waals surface area contributed by atoms with Gasteiger partial charge in [-0.25, -0.2) is 0 Å². The summed E-state index contributed by atoms with van der Waals surface area (Å²) in [6, 6.07) is 21.9. The smallest absolute Gasteiger partial charge is 0.161 e. The van der Waals surface area contributed by atoms with Crippen molar-refractivity contribution >= 4 is 37.3 Å². The Morgan fingerprint density at radius 1 is 1.00 bits per heavy atom. The number of hydrogen-bond donors (Lipinski definition) is 1. The Morgan fingerprint density at radius 3 is 2.35 bits per heavy atom. The first kappa shape index (κ1) is 24.9. The Morgan fingerprint density at radius 2 is 1.71 bits per heavy atom. The van der Waals surface area contributed by atoms with Crippen LogP contribution in [0.2, 0.25) is 0 Å². The maximum Gasteiger partial charge on any atom is 0.161 e. The Bertz CT molecular complexity index is 1180. The third-order valence-corrected chi connectivity index (χ3v) is 5.90. The van der Waals surface area contributed by atoms with E-state index in [2.05, 4.69) is 47.4 Å². The molecule has 163 valence electrons. The van der Waals surface area contributed by atoms with Gasteiger partial charge in [0, 0.05) is 59.3 Å². The molecular weight excluding hydrogens is 583 g/mol. The maximum atomic E-state index is 11.0. The summed E-state index contributed by atoms with van der Waals surface area (Å²) in [6.07, 6.45) is 3.20. The van der Waals surface area contributed by atoms with Gasteiger partial charge in [-0.2, -0.15) is 0 Å². The molecule has 2 aromatic carbocycles. The van der Waals surface area contributed by atoms with Crippen molar-refractivity contribution < 1.29 is 30.0 Å². The van der Waals surface area contributed by atoms with Crippen LogP contribution in [-0.2, 0) is 24.9 Å². The molecule has 0 aliphatic carbocycles. The minimum absolute atomic E-state index is 0. The van der Waals surface area contributed by atoms with E-state index < -0.39 is 0 Å². The van der Waals surface area contributed by atoms with E-state index in [0.717, 1.165) is 11.3 Å². The van der Waals surface area contributed by atoms with Crippen molar-refractivity contribution in [3.8, 4) is 11.3 Å². The minimum Gasteiger partial charge on any atom is -0.512 e. The molecule has 0 saturated carbocycles. The number of aliphatic hydroxyl groups is 1. The number of benzene rings is 2. The molecule has 2 heterocycles. The third kappa shape index (κ3) is 6.10. The Hall–Kier alpha value is -2.33. The second-order valence-corrected chi connectivity index (χ2v) is 8.74. The van der Waals surface area contributed by atoms with E-state index in [1.807, 2.05) is 52.1 Å². The van der Waals surface area contributed by atoms with Crippen LogP contribution in [-0.4, -0.2) is 15.9 Å². The molecule has 31 heavy (non-hydrogen) atoms. The van der Waals surface area contributed by atoms with Crippen molar-refractivity contribution in [1.29, 1.82) is 0 Å². The van der Waals surface area contributed by atoms with Gasteiger partial charge in [-0.15, -0.1) is 47.2 Å². The fraction of sp³-hybridized carbons (Fsp3) is 0.231. The zero-order valence-corrected chi connectivity index (χ0v) is 21.3. The molecule has 1 radical (unpaired) electrons. The van der Waals surface area contributed by atoms with E-state index in [9.17, 15) is 9.90 Å². The van der Waals surface area contributed by atoms with Crippen LogP contribution in [0.25, 0.3) is 31.4 Å². The molecule has 0 amide bonds. The van der Waals surface area contributed by atoms with Crippen LogP contribution in [0, 0.1) is 17.9 Å². The number of carbonyl (C=O) groups is 1. The molecule has 0 aliphatic heterocycles. The molecule has 0 saturated heterocycles. The number of hydrogen-bond acceptors (Lipinski definition) is 4. The van der Waals surface area contributed by atoms with Crippen molar-refractivity contribution in [3.63, 3.8) is 0 Å². The number of aliphatic hydroxyl groups excluding tert-OH is 1. The largest absolute Gasteiger partial charge is 0.512 e. The van der Waals surface area contributed by atoms with Crippen molar-refractivity contribution in [2.45, 2.75) is 27.7 Å². The van der Waals surface area contributed by atoms with Crippen LogP contribution in [0.5, 0.6) is 0 Å². The summed E-state index contributed by atoms with van der Waals surface area (Å²) in [4.78, 5) is 15.6. The zero-order chi connectivity index (χ0) is 21.7. The van der Waals surface area contributed by atoms with Gasteiger partial charge in [0.05, 0.1) is 5.76 Å². The van der Waals surface area contributed by atoms with Gasteiger partial charge < -0.3 is 10.1 Å². The van der Waals surface area contributed by atoms with Crippen molar-refractivity contribution in [3.05, 3.63) is 78.7 Å². The first-order chi connectivity index (χ1) is 14.4. The summed E-state index contributed by atoms with van der Waals surface area (Å²) in [6.45, 7) is 7.32. The van der Waals surface area contributed by atoms with E-state index >= 15 is 0 Å². The van der Waals surface area contributed by atoms with Gasteiger partial charge in [-0.1, -0.05) is 45.9 Å². The van der Waals surface area contributed by atoms with Crippen LogP contribution in [0.15, 0.2) is 72.6 Å². The molecule has 1 N–H and O–H groups in total. The van der Waals surface area contributed by atoms with E-state index in [-0.39, 0.29) is 43.5 Å². The fourth-order valence-electron chi connectivity index (χ4n) is 2.86. The van der Waals surface area contributed by atoms with E-state index in [4.69, 9.17) is 0 Å². The van der Waals surface area contributed by atoms with Crippen LogP contribution in [0.1, 0.15) is 27.7 Å². The quantitative estimate of drug-likeness (QED) is 0.151. The molecule has 0 aliphatic rings. The van der Waals surface area contributed by atoms with E-state index in [0.29, 0.717) is 0 Å². The summed E-state index contributed by atoms with van der Waals surface area (Å²) < 4.78 is 2.55. The molecule has 0 spiro atoms. The van der Waals surface area contributed by atoms with Gasteiger partial charge in [-0.3, -0.25) is 4.79 Å². The normalized spacial score (nSPS) is 11.4. The number of nitrogens with zero attached hydrogens (tertiary/aromatic N) is 1. The molecule has 4 rings (SSSR count). The van der Waals surface area contributed by atoms with Crippen LogP contribution in [0.4, 0.5) is 0 Å². The molecule has 4 aromatic rings. The number of pyridine rings is 1. The van der Waals surface area contributed by atoms with Crippen molar-refractivity contribution in [2.75, 3.05) is 0 Å². The first-order valence-corrected chi connectivity index (χ1v) is 10.9. The van der Waals surface area contributed by atoms with Crippen molar-refractivity contribution in [1.82, 2.24) is 4.98 Å². The average Bonchev–Trinajstić information content (AvgIpc) is 3.13. The first-order valence-electron chi connectivity index (χ1n) is 10.1. The number of allylic oxidation sites excluding steroid dienone is 2. The number of thiophene rings is 1. The second-order valence-electron chi connectivity index (χ2n) is 7.69. The van der Waals surface area contributed by atoms with E-state index in [1.165, 1.54) is 26.2 Å². The van der Waals surface area contributed by atoms with Gasteiger partial charge in [0.15, 0.2) is 5.78 Å². The summed E-state index contributed by atoms with van der Waals surface area (Å²) >= 11 is 1.80. The number of fused-ring (bicyclic) bond motifs is 3. The average molecular weight is 609 g/mol. The number of aromatic nitrogens is 1. The summed E-state index contributed by atoms with van der Waals surface area (Å²) in [7, 11) is 0. The monoisotopic (exact) mass is 609 g/mol. The molecule has 3 nitrogen and oxygen atoms in total. The van der Waals surface area contributed by atoms with Gasteiger partial charge in [-0.05, 0) is 22.9 Å². The third-order valence-electron chi connectivity index (χ3n) is 4.71. The van der Waals surface area contributed by atoms with Crippen LogP contribution in [0.3, 0.4) is 0 Å². The van der Waals surface area contributed by atoms with Gasteiger partial charge in [0.25, 0.3) is 0 Å². The maximum absolute atomic E-state index is 11.0. The second kappa shape index (κ2) is 11.3. The van der Waals surface area contributed by atoms with Gasteiger partial charge in [0.2, 0.25) is 0 Å². The molecule has 0 atom stereocenters. The molecule has 2 aromatic heterocycles. The Labute approximate surface area is 201 Å². The predicted octanol–water partition coefficient (Wildman–Crippen LogP) is 7.22. The van der Waals surface area contributed by atoms with E-state index in [1.54, 1.807) is 11.3 Å². The molecular formula is C26H26IrNO2S-. The predicted molar refractivity (Wildman–Crippen MR) is 127 cm³/mol. The number of carbonyl (C=O) groups excluding carboxylic acids is 1. The van der Waals surface area contributed by atoms with Gasteiger partial charge >= 0.3 is 0 Å². The SMILES string of the molecule is CC(C)C(=O)/C=C(\O)C(C)C.[Ir].[c-]1ccccc1-c1nccc2c1sc1ccccc12. The molecule has 0 unspecified atom stereocenters. The molecule has 0 fully saturated rings. The summed E-state index contributed by atoms with van der Waals surface area (Å²) in [5.41, 5.74) is 2.08. The summed E-state index contributed by atoms with van der Waals surface area (Å²) in [5.74, 6) is 0.161. The Kier molecular flexibility index (Phi) is 9.12. The minimum atomic E-state index is -0.0316. The fourth-order valence-corrected chi connectivity index (χ4v) is 4.07. The standard InChI is InChI=1S/C17H10NS.C9H16O2.Ir/c1-2-6-12(7-3-1)16-17-14(10-11-18-16)13-8-4-5-9-15(13)19-17;1-6(2)8(10)5-9(11)7(3)4;/h1-6,8-11H;5-7,10H,1-4H3;/q-1;;/b;8-5-;. The molecule has 0 bridgehead atoms. The van der Waals surface area contributed by atoms with Gasteiger partial charge in [0.1, 0.15) is 0 Å². The van der Waals surface area contributed by atoms with Crippen LogP contribution < -0.4 is 0 Å². The Balaban J connectivity index is 0.000000249. The van der Waals surface area contributed by atoms with Crippen LogP contribution >= 0.6 is 11.3 Å². The molecule has 5 heteroatoms. The zero-order valence-electron chi connectivity index (χ0n) is 18.0. The summed E-state index contributed by atoms with van der Waals surface area (Å²) in [5, 5.41) is 11.8. The number of rotatable bonds is 4.